The van der Waals surface area contributed by atoms with Crippen LogP contribution in [0.1, 0.15) is 45.7 Å². The van der Waals surface area contributed by atoms with Crippen molar-refractivity contribution in [3.63, 3.8) is 0 Å². The van der Waals surface area contributed by atoms with Crippen molar-refractivity contribution in [3.05, 3.63) is 93.7 Å². The molecule has 4 aliphatic heterocycles. The number of nitrogens with zero attached hydrogens (tertiary/aromatic N) is 10. The Hall–Kier alpha value is -6.04. The highest BCUT2D eigenvalue weighted by Gasteiger charge is 2.38. The normalized spacial score (nSPS) is 20.3. The molecule has 2 saturated heterocycles. The van der Waals surface area contributed by atoms with E-state index in [4.69, 9.17) is 32.7 Å². The van der Waals surface area contributed by atoms with Crippen LogP contribution in [0, 0.1) is 0 Å². The van der Waals surface area contributed by atoms with Gasteiger partial charge in [0.15, 0.2) is 11.3 Å². The van der Waals surface area contributed by atoms with Crippen molar-refractivity contribution in [1.29, 1.82) is 0 Å². The average molecular weight is 1010 g/mol. The molecule has 4 aliphatic rings. The summed E-state index contributed by atoms with van der Waals surface area (Å²) in [4.78, 5) is 42.5. The van der Waals surface area contributed by atoms with Crippen LogP contribution in [0.15, 0.2) is 61.4 Å². The van der Waals surface area contributed by atoms with Crippen molar-refractivity contribution in [2.24, 2.45) is 0 Å². The van der Waals surface area contributed by atoms with Gasteiger partial charge in [0.05, 0.1) is 83.9 Å². The minimum atomic E-state index is -2.38. The summed E-state index contributed by atoms with van der Waals surface area (Å²) in [6.07, 6.45) is 5.09. The second-order valence-corrected chi connectivity index (χ2v) is 19.1. The van der Waals surface area contributed by atoms with Gasteiger partial charge in [0, 0.05) is 101 Å². The average Bonchev–Trinajstić information content (AvgIpc) is 4.11. The van der Waals surface area contributed by atoms with E-state index in [-0.39, 0.29) is 37.4 Å². The SMILES string of the molecule is C[C@@]1(CO)Cc2cc(NC(=O)c3cnn4cc(Cl)cnc34)c(N3CCN(CC(F)F)CC3)cc2O1.C[C@]1(CO)Cc2cc(NC(=O)c3cnn4cc(Cl)cnc34)c(N3CCN(CC(F)F)CC3)cc2O1. The lowest BCUT2D eigenvalue weighted by Gasteiger charge is -2.37. The lowest BCUT2D eigenvalue weighted by molar-refractivity contribution is 0.0446. The van der Waals surface area contributed by atoms with Crippen molar-refractivity contribution in [2.75, 3.05) is 99.1 Å². The molecule has 372 valence electrons. The Morgan fingerprint density at radius 1 is 0.643 bits per heavy atom. The molecule has 0 radical (unpaired) electrons. The topological polar surface area (TPSA) is 190 Å². The van der Waals surface area contributed by atoms with E-state index in [1.165, 1.54) is 33.8 Å². The summed E-state index contributed by atoms with van der Waals surface area (Å²) in [6, 6.07) is 7.40. The quantitative estimate of drug-likeness (QED) is 0.114. The van der Waals surface area contributed by atoms with E-state index in [0.717, 1.165) is 22.5 Å². The second-order valence-electron chi connectivity index (χ2n) is 18.2. The van der Waals surface area contributed by atoms with Crippen LogP contribution in [0.5, 0.6) is 11.5 Å². The highest BCUT2D eigenvalue weighted by molar-refractivity contribution is 6.30. The molecular formula is C46H50Cl2F4N12O6. The van der Waals surface area contributed by atoms with Crippen molar-refractivity contribution in [1.82, 2.24) is 39.0 Å². The Labute approximate surface area is 408 Å². The Morgan fingerprint density at radius 2 is 1.03 bits per heavy atom. The number of hydrogen-bond acceptors (Lipinski definition) is 14. The van der Waals surface area contributed by atoms with E-state index in [2.05, 4.69) is 30.8 Å². The van der Waals surface area contributed by atoms with Crippen molar-refractivity contribution in [3.8, 4) is 11.5 Å². The number of ether oxygens (including phenoxy) is 2. The van der Waals surface area contributed by atoms with E-state index in [1.807, 2.05) is 47.9 Å². The molecule has 0 spiro atoms. The number of hydrogen-bond donors (Lipinski definition) is 4. The maximum Gasteiger partial charge on any atom is 0.261 e. The molecule has 4 N–H and O–H groups in total. The molecule has 6 aromatic rings. The Kier molecular flexibility index (Phi) is 14.0. The number of benzene rings is 2. The lowest BCUT2D eigenvalue weighted by atomic mass is 9.99. The molecular weight excluding hydrogens is 963 g/mol. The Morgan fingerprint density at radius 3 is 1.39 bits per heavy atom. The minimum absolute atomic E-state index is 0.151. The van der Waals surface area contributed by atoms with Gasteiger partial charge in [-0.1, -0.05) is 23.2 Å². The van der Waals surface area contributed by atoms with Gasteiger partial charge in [-0.3, -0.25) is 19.4 Å². The number of carbonyl (C=O) groups is 2. The van der Waals surface area contributed by atoms with E-state index in [0.29, 0.717) is 109 Å². The van der Waals surface area contributed by atoms with E-state index in [9.17, 15) is 37.4 Å². The smallest absolute Gasteiger partial charge is 0.261 e. The number of alkyl halides is 4. The number of amides is 2. The molecule has 2 aromatic carbocycles. The van der Waals surface area contributed by atoms with Crippen molar-refractivity contribution < 1.29 is 46.8 Å². The Balaban J connectivity index is 0.000000174. The van der Waals surface area contributed by atoms with E-state index < -0.39 is 35.9 Å². The third kappa shape index (κ3) is 10.5. The third-order valence-electron chi connectivity index (χ3n) is 12.7. The first-order valence-corrected chi connectivity index (χ1v) is 23.3. The molecule has 2 fully saturated rings. The fourth-order valence-electron chi connectivity index (χ4n) is 9.14. The number of aromatic nitrogens is 6. The van der Waals surface area contributed by atoms with Crippen molar-refractivity contribution in [2.45, 2.75) is 50.7 Å². The van der Waals surface area contributed by atoms with Crippen LogP contribution in [0.3, 0.4) is 0 Å². The number of nitrogens with one attached hydrogen (secondary N) is 2. The van der Waals surface area contributed by atoms with Gasteiger partial charge in [-0.2, -0.15) is 10.2 Å². The van der Waals surface area contributed by atoms with Gasteiger partial charge < -0.3 is 40.1 Å². The number of piperazine rings is 2. The first-order valence-electron chi connectivity index (χ1n) is 22.5. The standard InChI is InChI=1S/2C23H25ClF2N6O3/c2*1-23(13-33)8-14-6-17(29-22(34)16-10-28-32-11-15(24)9-27-21(16)32)18(7-19(14)35-23)31-4-2-30(3-5-31)12-20(25)26/h2*6-7,9-11,20,33H,2-5,8,12-13H2,1H3,(H,29,34)/t2*23-/m10/s1. The van der Waals surface area contributed by atoms with Gasteiger partial charge in [-0.25, -0.2) is 36.6 Å². The predicted octanol–water partition coefficient (Wildman–Crippen LogP) is 5.42. The van der Waals surface area contributed by atoms with Gasteiger partial charge in [0.25, 0.3) is 24.7 Å². The van der Waals surface area contributed by atoms with Crippen LogP contribution in [0.25, 0.3) is 11.3 Å². The highest BCUT2D eigenvalue weighted by atomic mass is 35.5. The predicted molar refractivity (Wildman–Crippen MR) is 254 cm³/mol. The summed E-state index contributed by atoms with van der Waals surface area (Å²) >= 11 is 11.9. The number of halogens is 6. The zero-order valence-electron chi connectivity index (χ0n) is 38.1. The van der Waals surface area contributed by atoms with Crippen LogP contribution in [0.2, 0.25) is 10.0 Å². The van der Waals surface area contributed by atoms with Gasteiger partial charge in [0.2, 0.25) is 0 Å². The molecule has 0 saturated carbocycles. The van der Waals surface area contributed by atoms with Crippen LogP contribution in [-0.2, 0) is 12.8 Å². The maximum absolute atomic E-state index is 13.2. The zero-order valence-corrected chi connectivity index (χ0v) is 39.6. The monoisotopic (exact) mass is 1010 g/mol. The van der Waals surface area contributed by atoms with Gasteiger partial charge in [-0.05, 0) is 26.0 Å². The van der Waals surface area contributed by atoms with Crippen LogP contribution >= 0.6 is 23.2 Å². The molecule has 0 aliphatic carbocycles. The molecule has 0 unspecified atom stereocenters. The summed E-state index contributed by atoms with van der Waals surface area (Å²) in [6.45, 7) is 6.79. The summed E-state index contributed by atoms with van der Waals surface area (Å²) in [5, 5.41) is 34.6. The molecule has 2 atom stereocenters. The number of aliphatic hydroxyl groups is 2. The summed E-state index contributed by atoms with van der Waals surface area (Å²) in [5.74, 6) is 0.487. The fraction of sp³-hybridized carbons (Fsp3) is 0.435. The van der Waals surface area contributed by atoms with Gasteiger partial charge >= 0.3 is 0 Å². The van der Waals surface area contributed by atoms with Gasteiger partial charge in [-0.15, -0.1) is 0 Å². The maximum atomic E-state index is 13.2. The molecule has 10 rings (SSSR count). The largest absolute Gasteiger partial charge is 0.484 e. The fourth-order valence-corrected chi connectivity index (χ4v) is 9.42. The molecule has 0 bridgehead atoms. The minimum Gasteiger partial charge on any atom is -0.484 e. The lowest BCUT2D eigenvalue weighted by Crippen LogP contribution is -2.48. The van der Waals surface area contributed by atoms with Crippen LogP contribution in [0.4, 0.5) is 40.3 Å². The summed E-state index contributed by atoms with van der Waals surface area (Å²) < 4.78 is 66.1. The summed E-state index contributed by atoms with van der Waals surface area (Å²) in [7, 11) is 0. The number of rotatable bonds is 12. The molecule has 4 aromatic heterocycles. The van der Waals surface area contributed by atoms with E-state index in [1.54, 1.807) is 22.2 Å². The molecule has 18 nitrogen and oxygen atoms in total. The molecule has 70 heavy (non-hydrogen) atoms. The van der Waals surface area contributed by atoms with Crippen LogP contribution in [-0.4, -0.2) is 164 Å². The zero-order chi connectivity index (χ0) is 49.5. The number of aliphatic hydroxyl groups excluding tert-OH is 2. The molecule has 24 heteroatoms. The van der Waals surface area contributed by atoms with Crippen LogP contribution < -0.4 is 29.9 Å². The molecule has 8 heterocycles. The third-order valence-corrected chi connectivity index (χ3v) is 13.1. The number of fused-ring (bicyclic) bond motifs is 4. The summed E-state index contributed by atoms with van der Waals surface area (Å²) in [5.41, 5.74) is 4.12. The molecule has 2 amide bonds. The first kappa shape index (κ1) is 49.0. The first-order chi connectivity index (χ1) is 33.5. The van der Waals surface area contributed by atoms with E-state index >= 15 is 0 Å². The van der Waals surface area contributed by atoms with Crippen molar-refractivity contribution >= 4 is 69.1 Å². The number of carbonyl (C=O) groups excluding carboxylic acids is 2. The number of anilines is 4. The van der Waals surface area contributed by atoms with Gasteiger partial charge in [0.1, 0.15) is 33.8 Å². The highest BCUT2D eigenvalue weighted by Crippen LogP contribution is 2.44. The Bertz CT molecular complexity index is 2720. The second kappa shape index (κ2) is 20.0.